The molecule has 3 aromatic rings. The van der Waals surface area contributed by atoms with Gasteiger partial charge in [0.1, 0.15) is 11.8 Å². The molecule has 0 radical (unpaired) electrons. The van der Waals surface area contributed by atoms with E-state index in [9.17, 15) is 14.9 Å². The lowest BCUT2D eigenvalue weighted by atomic mass is 10.0. The van der Waals surface area contributed by atoms with E-state index in [1.54, 1.807) is 0 Å². The van der Waals surface area contributed by atoms with Gasteiger partial charge in [-0.25, -0.2) is 0 Å². The van der Waals surface area contributed by atoms with Crippen molar-refractivity contribution in [2.75, 3.05) is 6.61 Å². The number of nitro groups is 1. The summed E-state index contributed by atoms with van der Waals surface area (Å²) in [6.45, 7) is 3.60. The highest BCUT2D eigenvalue weighted by Crippen LogP contribution is 2.23. The number of aromatic nitrogens is 2. The molecule has 9 heteroatoms. The summed E-state index contributed by atoms with van der Waals surface area (Å²) in [5.41, 5.74) is 0.769. The molecular weight excluding hydrogens is 376 g/mol. The summed E-state index contributed by atoms with van der Waals surface area (Å²) in [5, 5.41) is 17.5. The Labute approximate surface area is 166 Å². The Balaban J connectivity index is 1.62. The van der Waals surface area contributed by atoms with Gasteiger partial charge in [-0.1, -0.05) is 49.3 Å². The molecule has 3 rings (SSSR count). The Bertz CT molecular complexity index is 970. The first-order chi connectivity index (χ1) is 13.9. The first kappa shape index (κ1) is 20.0. The second-order valence-corrected chi connectivity index (χ2v) is 6.65. The van der Waals surface area contributed by atoms with Gasteiger partial charge in [-0.15, -0.1) is 0 Å². The smallest absolute Gasteiger partial charge is 0.269 e. The van der Waals surface area contributed by atoms with Gasteiger partial charge in [-0.05, 0) is 18.1 Å². The molecule has 0 fully saturated rings. The fourth-order valence-corrected chi connectivity index (χ4v) is 2.61. The lowest BCUT2D eigenvalue weighted by molar-refractivity contribution is -0.384. The average molecular weight is 396 g/mol. The van der Waals surface area contributed by atoms with Crippen LogP contribution in [0.4, 0.5) is 5.69 Å². The summed E-state index contributed by atoms with van der Waals surface area (Å²) in [6, 6.07) is 14.4. The van der Waals surface area contributed by atoms with Crippen LogP contribution in [0.5, 0.6) is 5.75 Å². The molecule has 1 atom stereocenters. The minimum absolute atomic E-state index is 0.00222. The summed E-state index contributed by atoms with van der Waals surface area (Å²) in [7, 11) is 0. The highest BCUT2D eigenvalue weighted by Gasteiger charge is 2.25. The fraction of sp³-hybridized carbons (Fsp3) is 0.250. The standard InChI is InChI=1S/C20H20N4O5/c1-13(2)18(20-22-19(23-29-20)14-6-4-3-5-7-14)21-17(25)12-28-16-10-8-15(9-11-16)24(26)27/h3-11,13,18H,12H2,1-2H3,(H,21,25)/t18-/m1/s1. The minimum Gasteiger partial charge on any atom is -0.484 e. The van der Waals surface area contributed by atoms with E-state index in [1.807, 2.05) is 44.2 Å². The van der Waals surface area contributed by atoms with Gasteiger partial charge in [0, 0.05) is 17.7 Å². The number of carbonyl (C=O) groups excluding carboxylic acids is 1. The van der Waals surface area contributed by atoms with Crippen LogP contribution in [-0.2, 0) is 4.79 Å². The van der Waals surface area contributed by atoms with Gasteiger partial charge >= 0.3 is 0 Å². The summed E-state index contributed by atoms with van der Waals surface area (Å²) in [4.78, 5) is 26.9. The Hall–Kier alpha value is -3.75. The van der Waals surface area contributed by atoms with Crippen LogP contribution in [0.3, 0.4) is 0 Å². The molecule has 0 aliphatic carbocycles. The normalized spacial score (nSPS) is 11.8. The maximum atomic E-state index is 12.3. The maximum absolute atomic E-state index is 12.3. The SMILES string of the molecule is CC(C)[C@@H](NC(=O)COc1ccc([N+](=O)[O-])cc1)c1nc(-c2ccccc2)no1. The molecule has 0 aliphatic rings. The number of nitrogens with one attached hydrogen (secondary N) is 1. The Morgan fingerprint density at radius 2 is 1.86 bits per heavy atom. The fourth-order valence-electron chi connectivity index (χ4n) is 2.61. The van der Waals surface area contributed by atoms with Gasteiger partial charge in [0.2, 0.25) is 11.7 Å². The zero-order valence-electron chi connectivity index (χ0n) is 15.9. The van der Waals surface area contributed by atoms with E-state index in [2.05, 4.69) is 15.5 Å². The van der Waals surface area contributed by atoms with Gasteiger partial charge in [0.25, 0.3) is 11.6 Å². The summed E-state index contributed by atoms with van der Waals surface area (Å²) in [5.74, 6) is 0.741. The van der Waals surface area contributed by atoms with Crippen LogP contribution in [0, 0.1) is 16.0 Å². The highest BCUT2D eigenvalue weighted by atomic mass is 16.6. The predicted molar refractivity (Wildman–Crippen MR) is 104 cm³/mol. The van der Waals surface area contributed by atoms with Gasteiger partial charge in [-0.2, -0.15) is 4.98 Å². The first-order valence-corrected chi connectivity index (χ1v) is 8.99. The Morgan fingerprint density at radius 3 is 2.48 bits per heavy atom. The van der Waals surface area contributed by atoms with Crippen molar-refractivity contribution in [1.82, 2.24) is 15.5 Å². The molecule has 0 saturated heterocycles. The van der Waals surface area contributed by atoms with Crippen molar-refractivity contribution < 1.29 is 19.0 Å². The minimum atomic E-state index is -0.502. The largest absolute Gasteiger partial charge is 0.484 e. The molecule has 0 unspecified atom stereocenters. The molecule has 2 aromatic carbocycles. The molecule has 29 heavy (non-hydrogen) atoms. The third-order valence-electron chi connectivity index (χ3n) is 4.14. The van der Waals surface area contributed by atoms with E-state index < -0.39 is 11.0 Å². The van der Waals surface area contributed by atoms with Crippen LogP contribution in [0.2, 0.25) is 0 Å². The zero-order valence-corrected chi connectivity index (χ0v) is 15.9. The maximum Gasteiger partial charge on any atom is 0.269 e. The van der Waals surface area contributed by atoms with Crippen LogP contribution >= 0.6 is 0 Å². The molecule has 1 aromatic heterocycles. The number of amides is 1. The summed E-state index contributed by atoms with van der Waals surface area (Å²) in [6.07, 6.45) is 0. The second kappa shape index (κ2) is 8.96. The van der Waals surface area contributed by atoms with Gasteiger partial charge in [0.15, 0.2) is 6.61 Å². The lowest BCUT2D eigenvalue weighted by Gasteiger charge is -2.18. The number of non-ortho nitro benzene ring substituents is 1. The van der Waals surface area contributed by atoms with Crippen molar-refractivity contribution in [1.29, 1.82) is 0 Å². The van der Waals surface area contributed by atoms with Gasteiger partial charge in [0.05, 0.1) is 4.92 Å². The molecule has 1 amide bonds. The average Bonchev–Trinajstić information content (AvgIpc) is 3.21. The quantitative estimate of drug-likeness (QED) is 0.457. The molecule has 0 spiro atoms. The summed E-state index contributed by atoms with van der Waals surface area (Å²) < 4.78 is 10.8. The third kappa shape index (κ3) is 5.16. The first-order valence-electron chi connectivity index (χ1n) is 8.99. The van der Waals surface area contributed by atoms with Crippen molar-refractivity contribution in [2.45, 2.75) is 19.9 Å². The van der Waals surface area contributed by atoms with Gasteiger partial charge in [-0.3, -0.25) is 14.9 Å². The van der Waals surface area contributed by atoms with Crippen LogP contribution in [0.25, 0.3) is 11.4 Å². The molecule has 150 valence electrons. The number of hydrogen-bond acceptors (Lipinski definition) is 7. The van der Waals surface area contributed by atoms with Crippen LogP contribution < -0.4 is 10.1 Å². The van der Waals surface area contributed by atoms with Crippen molar-refractivity contribution in [2.24, 2.45) is 5.92 Å². The number of benzene rings is 2. The molecule has 0 aliphatic heterocycles. The molecule has 0 saturated carbocycles. The van der Waals surface area contributed by atoms with Gasteiger partial charge < -0.3 is 14.6 Å². The van der Waals surface area contributed by atoms with E-state index in [0.29, 0.717) is 17.5 Å². The van der Waals surface area contributed by atoms with Crippen molar-refractivity contribution >= 4 is 11.6 Å². The van der Waals surface area contributed by atoms with E-state index in [1.165, 1.54) is 24.3 Å². The number of ether oxygens (including phenoxy) is 1. The highest BCUT2D eigenvalue weighted by molar-refractivity contribution is 5.78. The zero-order chi connectivity index (χ0) is 20.8. The van der Waals surface area contributed by atoms with Crippen LogP contribution in [0.15, 0.2) is 59.1 Å². The predicted octanol–water partition coefficient (Wildman–Crippen LogP) is 3.54. The lowest BCUT2D eigenvalue weighted by Crippen LogP contribution is -2.35. The van der Waals surface area contributed by atoms with Crippen LogP contribution in [-0.4, -0.2) is 27.6 Å². The monoisotopic (exact) mass is 396 g/mol. The van der Waals surface area contributed by atoms with Crippen molar-refractivity contribution in [3.8, 4) is 17.1 Å². The van der Waals surface area contributed by atoms with E-state index in [0.717, 1.165) is 5.56 Å². The number of carbonyl (C=O) groups is 1. The van der Waals surface area contributed by atoms with Crippen LogP contribution in [0.1, 0.15) is 25.8 Å². The van der Waals surface area contributed by atoms with E-state index in [-0.39, 0.29) is 24.1 Å². The number of nitro benzene ring substituents is 1. The van der Waals surface area contributed by atoms with Crippen molar-refractivity contribution in [3.05, 3.63) is 70.6 Å². The molecule has 0 bridgehead atoms. The summed E-state index contributed by atoms with van der Waals surface area (Å²) >= 11 is 0. The Morgan fingerprint density at radius 1 is 1.17 bits per heavy atom. The molecular formula is C20H20N4O5. The topological polar surface area (TPSA) is 120 Å². The van der Waals surface area contributed by atoms with Crippen molar-refractivity contribution in [3.63, 3.8) is 0 Å². The molecule has 9 nitrogen and oxygen atoms in total. The molecule has 1 heterocycles. The van der Waals surface area contributed by atoms with E-state index >= 15 is 0 Å². The third-order valence-corrected chi connectivity index (χ3v) is 4.14. The number of hydrogen-bond donors (Lipinski definition) is 1. The number of nitrogens with zero attached hydrogens (tertiary/aromatic N) is 3. The van der Waals surface area contributed by atoms with E-state index in [4.69, 9.17) is 9.26 Å². The Kier molecular flexibility index (Phi) is 6.18. The molecule has 1 N–H and O–H groups in total. The second-order valence-electron chi connectivity index (χ2n) is 6.65. The number of rotatable bonds is 8.